The Balaban J connectivity index is 1.72. The minimum absolute atomic E-state index is 0.000638. The van der Waals surface area contributed by atoms with E-state index in [0.717, 1.165) is 0 Å². The summed E-state index contributed by atoms with van der Waals surface area (Å²) in [5.74, 6) is -0.247. The summed E-state index contributed by atoms with van der Waals surface area (Å²) >= 11 is 0. The first-order chi connectivity index (χ1) is 13.4. The van der Waals surface area contributed by atoms with Crippen LogP contribution in [0, 0.1) is 6.92 Å². The molecular weight excluding hydrogens is 384 g/mol. The number of ether oxygens (including phenoxy) is 1. The summed E-state index contributed by atoms with van der Waals surface area (Å²) in [6.45, 7) is 1.73. The van der Waals surface area contributed by atoms with E-state index in [1.54, 1.807) is 13.0 Å². The number of nitrogens with one attached hydrogen (secondary N) is 2. The van der Waals surface area contributed by atoms with E-state index >= 15 is 0 Å². The first kappa shape index (κ1) is 19.2. The molecule has 1 aromatic carbocycles. The van der Waals surface area contributed by atoms with E-state index in [1.165, 1.54) is 50.0 Å². The highest BCUT2D eigenvalue weighted by Crippen LogP contribution is 2.17. The predicted molar refractivity (Wildman–Crippen MR) is 101 cm³/mol. The number of hydrogen-bond donors (Lipinski definition) is 2. The first-order valence-corrected chi connectivity index (χ1v) is 9.45. The number of carbonyl (C=O) groups excluding carboxylic acids is 1. The second kappa shape index (κ2) is 7.96. The maximum atomic E-state index is 12.4. The number of aromatic nitrogens is 4. The van der Waals surface area contributed by atoms with Crippen LogP contribution >= 0.6 is 0 Å². The van der Waals surface area contributed by atoms with Gasteiger partial charge >= 0.3 is 0 Å². The SMILES string of the molecule is COc1cc(C(=O)Nc2ccc(S(=O)(=O)Nc3nccc(C)n3)cc2)ncn1. The van der Waals surface area contributed by atoms with Gasteiger partial charge in [-0.3, -0.25) is 4.79 Å². The number of rotatable bonds is 6. The van der Waals surface area contributed by atoms with Gasteiger partial charge in [0.1, 0.15) is 12.0 Å². The lowest BCUT2D eigenvalue weighted by atomic mass is 10.3. The molecule has 3 aromatic rings. The van der Waals surface area contributed by atoms with Gasteiger partial charge in [0.15, 0.2) is 0 Å². The van der Waals surface area contributed by atoms with Gasteiger partial charge in [-0.1, -0.05) is 0 Å². The highest BCUT2D eigenvalue weighted by Gasteiger charge is 2.16. The van der Waals surface area contributed by atoms with E-state index in [0.29, 0.717) is 11.4 Å². The number of nitrogens with zero attached hydrogens (tertiary/aromatic N) is 4. The molecule has 0 atom stereocenters. The van der Waals surface area contributed by atoms with Crippen LogP contribution in [0.4, 0.5) is 11.6 Å². The lowest BCUT2D eigenvalue weighted by molar-refractivity contribution is 0.102. The molecular formula is C17H16N6O4S. The molecule has 2 N–H and O–H groups in total. The van der Waals surface area contributed by atoms with Crippen LogP contribution in [0.5, 0.6) is 5.88 Å². The van der Waals surface area contributed by atoms with Crippen LogP contribution in [-0.4, -0.2) is 41.4 Å². The first-order valence-electron chi connectivity index (χ1n) is 7.97. The van der Waals surface area contributed by atoms with E-state index in [4.69, 9.17) is 4.74 Å². The predicted octanol–water partition coefficient (Wildman–Crippen LogP) is 1.64. The smallest absolute Gasteiger partial charge is 0.274 e. The molecule has 0 unspecified atom stereocenters. The molecule has 0 aliphatic carbocycles. The zero-order chi connectivity index (χ0) is 20.1. The Morgan fingerprint density at radius 1 is 1.07 bits per heavy atom. The molecule has 2 aromatic heterocycles. The summed E-state index contributed by atoms with van der Waals surface area (Å²) in [6.07, 6.45) is 2.67. The number of carbonyl (C=O) groups is 1. The van der Waals surface area contributed by atoms with Crippen LogP contribution in [-0.2, 0) is 10.0 Å². The number of hydrogen-bond acceptors (Lipinski definition) is 8. The highest BCUT2D eigenvalue weighted by atomic mass is 32.2. The molecule has 0 aliphatic heterocycles. The Morgan fingerprint density at radius 2 is 1.82 bits per heavy atom. The Kier molecular flexibility index (Phi) is 5.45. The van der Waals surface area contributed by atoms with Crippen molar-refractivity contribution < 1.29 is 17.9 Å². The van der Waals surface area contributed by atoms with E-state index < -0.39 is 15.9 Å². The second-order valence-corrected chi connectivity index (χ2v) is 7.23. The standard InChI is InChI=1S/C17H16N6O4S/c1-11-7-8-18-17(21-11)23-28(25,26)13-5-3-12(4-6-13)22-16(24)14-9-15(27-2)20-10-19-14/h3-10H,1-2H3,(H,22,24)(H,18,21,23). The summed E-state index contributed by atoms with van der Waals surface area (Å²) in [5.41, 5.74) is 1.14. The fourth-order valence-corrected chi connectivity index (χ4v) is 3.12. The molecule has 11 heteroatoms. The van der Waals surface area contributed by atoms with E-state index in [1.807, 2.05) is 0 Å². The average molecular weight is 400 g/mol. The van der Waals surface area contributed by atoms with Crippen LogP contribution in [0.2, 0.25) is 0 Å². The van der Waals surface area contributed by atoms with E-state index in [2.05, 4.69) is 30.0 Å². The number of benzene rings is 1. The molecule has 0 saturated heterocycles. The van der Waals surface area contributed by atoms with Crippen molar-refractivity contribution in [1.82, 2.24) is 19.9 Å². The van der Waals surface area contributed by atoms with Crippen LogP contribution in [0.25, 0.3) is 0 Å². The van der Waals surface area contributed by atoms with Crippen molar-refractivity contribution in [3.8, 4) is 5.88 Å². The van der Waals surface area contributed by atoms with Gasteiger partial charge in [0.05, 0.1) is 12.0 Å². The average Bonchev–Trinajstić information content (AvgIpc) is 2.68. The van der Waals surface area contributed by atoms with Gasteiger partial charge < -0.3 is 10.1 Å². The third kappa shape index (κ3) is 4.57. The molecule has 0 fully saturated rings. The van der Waals surface area contributed by atoms with Gasteiger partial charge in [-0.15, -0.1) is 0 Å². The molecule has 0 saturated carbocycles. The van der Waals surface area contributed by atoms with Crippen molar-refractivity contribution >= 4 is 27.6 Å². The van der Waals surface area contributed by atoms with Crippen molar-refractivity contribution in [1.29, 1.82) is 0 Å². The Labute approximate surface area is 161 Å². The minimum Gasteiger partial charge on any atom is -0.481 e. The van der Waals surface area contributed by atoms with E-state index in [9.17, 15) is 13.2 Å². The van der Waals surface area contributed by atoms with Crippen LogP contribution < -0.4 is 14.8 Å². The van der Waals surface area contributed by atoms with Crippen LogP contribution in [0.3, 0.4) is 0 Å². The summed E-state index contributed by atoms with van der Waals surface area (Å²) < 4.78 is 32.1. The molecule has 0 bridgehead atoms. The zero-order valence-electron chi connectivity index (χ0n) is 14.9. The Hall–Kier alpha value is -3.60. The quantitative estimate of drug-likeness (QED) is 0.637. The molecule has 0 radical (unpaired) electrons. The molecule has 3 rings (SSSR count). The number of anilines is 2. The summed E-state index contributed by atoms with van der Waals surface area (Å²) in [6, 6.07) is 8.68. The highest BCUT2D eigenvalue weighted by molar-refractivity contribution is 7.92. The normalized spacial score (nSPS) is 10.9. The fraction of sp³-hybridized carbons (Fsp3) is 0.118. The number of sulfonamides is 1. The molecule has 28 heavy (non-hydrogen) atoms. The molecule has 1 amide bonds. The summed E-state index contributed by atoms with van der Waals surface area (Å²) in [7, 11) is -2.43. The monoisotopic (exact) mass is 400 g/mol. The largest absolute Gasteiger partial charge is 0.481 e. The Bertz CT molecular complexity index is 1100. The second-order valence-electron chi connectivity index (χ2n) is 5.55. The number of methoxy groups -OCH3 is 1. The van der Waals surface area contributed by atoms with Crippen molar-refractivity contribution in [2.24, 2.45) is 0 Å². The maximum Gasteiger partial charge on any atom is 0.274 e. The van der Waals surface area contributed by atoms with Crippen molar-refractivity contribution in [2.45, 2.75) is 11.8 Å². The summed E-state index contributed by atoms with van der Waals surface area (Å²) in [5, 5.41) is 2.62. The van der Waals surface area contributed by atoms with Crippen LogP contribution in [0.1, 0.15) is 16.2 Å². The maximum absolute atomic E-state index is 12.4. The van der Waals surface area contributed by atoms with Crippen molar-refractivity contribution in [3.63, 3.8) is 0 Å². The third-order valence-electron chi connectivity index (χ3n) is 3.53. The van der Waals surface area contributed by atoms with Gasteiger partial charge in [0.25, 0.3) is 15.9 Å². The minimum atomic E-state index is -3.86. The topological polar surface area (TPSA) is 136 Å². The van der Waals surface area contributed by atoms with Gasteiger partial charge in [0.2, 0.25) is 11.8 Å². The number of amides is 1. The van der Waals surface area contributed by atoms with Gasteiger partial charge in [0, 0.05) is 23.6 Å². The third-order valence-corrected chi connectivity index (χ3v) is 4.87. The van der Waals surface area contributed by atoms with Gasteiger partial charge in [-0.25, -0.2) is 33.1 Å². The Morgan fingerprint density at radius 3 is 2.50 bits per heavy atom. The lowest BCUT2D eigenvalue weighted by Crippen LogP contribution is -2.16. The van der Waals surface area contributed by atoms with Gasteiger partial charge in [-0.05, 0) is 37.3 Å². The van der Waals surface area contributed by atoms with Crippen LogP contribution in [0.15, 0.2) is 53.8 Å². The molecule has 0 spiro atoms. The van der Waals surface area contributed by atoms with Gasteiger partial charge in [-0.2, -0.15) is 0 Å². The lowest BCUT2D eigenvalue weighted by Gasteiger charge is -2.09. The molecule has 0 aliphatic rings. The van der Waals surface area contributed by atoms with Crippen molar-refractivity contribution in [3.05, 3.63) is 60.3 Å². The number of aryl methyl sites for hydroxylation is 1. The molecule has 10 nitrogen and oxygen atoms in total. The molecule has 144 valence electrons. The zero-order valence-corrected chi connectivity index (χ0v) is 15.8. The van der Waals surface area contributed by atoms with E-state index in [-0.39, 0.29) is 22.4 Å². The van der Waals surface area contributed by atoms with Crippen molar-refractivity contribution in [2.75, 3.05) is 17.1 Å². The fourth-order valence-electron chi connectivity index (χ4n) is 2.17. The molecule has 2 heterocycles. The summed E-state index contributed by atoms with van der Waals surface area (Å²) in [4.78, 5) is 27.8.